The zero-order valence-electron chi connectivity index (χ0n) is 47.0. The molecule has 0 aliphatic carbocycles. The van der Waals surface area contributed by atoms with Crippen LogP contribution in [-0.2, 0) is 33.2 Å². The second-order valence-electron chi connectivity index (χ2n) is 21.2. The van der Waals surface area contributed by atoms with E-state index in [9.17, 15) is 40.5 Å². The SMILES string of the molecule is CC/C=C\C/C=C\C/C=C\C/C=C\CCCCCCCCCOCC(COC1OC(COC2OC(CO)C(O)C(O)C2O)C(O)C(O)C1O)OC(=O)CCCCCCCCCCCCCCCCCCCCCCC. The van der Waals surface area contributed by atoms with Gasteiger partial charge in [0, 0.05) is 13.0 Å². The quantitative estimate of drug-likeness (QED) is 0.0172. The van der Waals surface area contributed by atoms with Gasteiger partial charge >= 0.3 is 5.97 Å². The number of hydrogen-bond donors (Lipinski definition) is 7. The average Bonchev–Trinajstić information content (AvgIpc) is 3.41. The predicted molar refractivity (Wildman–Crippen MR) is 298 cm³/mol. The fourth-order valence-electron chi connectivity index (χ4n) is 9.51. The van der Waals surface area contributed by atoms with Crippen molar-refractivity contribution >= 4 is 5.97 Å². The Labute approximate surface area is 454 Å². The highest BCUT2D eigenvalue weighted by Crippen LogP contribution is 2.27. The van der Waals surface area contributed by atoms with E-state index in [4.69, 9.17) is 28.4 Å². The van der Waals surface area contributed by atoms with E-state index in [1.807, 2.05) is 0 Å². The fraction of sp³-hybridized carbons (Fsp3) is 0.852. The Morgan fingerprint density at radius 1 is 0.453 bits per heavy atom. The smallest absolute Gasteiger partial charge is 0.306 e. The molecule has 0 aromatic rings. The summed E-state index contributed by atoms with van der Waals surface area (Å²) >= 11 is 0. The maximum absolute atomic E-state index is 13.1. The number of carbonyl (C=O) groups is 1. The molecule has 0 bridgehead atoms. The van der Waals surface area contributed by atoms with Crippen LogP contribution in [0.5, 0.6) is 0 Å². The topological polar surface area (TPSA) is 214 Å². The number of carbonyl (C=O) groups excluding carboxylic acids is 1. The first-order valence-electron chi connectivity index (χ1n) is 30.2. The predicted octanol–water partition coefficient (Wildman–Crippen LogP) is 11.1. The van der Waals surface area contributed by atoms with E-state index in [-0.39, 0.29) is 25.6 Å². The van der Waals surface area contributed by atoms with Crippen LogP contribution in [0.1, 0.15) is 232 Å². The third-order valence-corrected chi connectivity index (χ3v) is 14.4. The van der Waals surface area contributed by atoms with Crippen molar-refractivity contribution in [1.29, 1.82) is 0 Å². The molecule has 75 heavy (non-hydrogen) atoms. The fourth-order valence-corrected chi connectivity index (χ4v) is 9.51. The Kier molecular flexibility index (Phi) is 44.1. The molecule has 0 amide bonds. The lowest BCUT2D eigenvalue weighted by atomic mass is 9.98. The second-order valence-corrected chi connectivity index (χ2v) is 21.2. The molecule has 2 rings (SSSR count). The zero-order chi connectivity index (χ0) is 54.4. The van der Waals surface area contributed by atoms with E-state index in [0.717, 1.165) is 70.6 Å². The van der Waals surface area contributed by atoms with E-state index in [1.165, 1.54) is 135 Å². The van der Waals surface area contributed by atoms with Crippen LogP contribution in [0.3, 0.4) is 0 Å². The van der Waals surface area contributed by atoms with Crippen LogP contribution >= 0.6 is 0 Å². The number of aliphatic hydroxyl groups excluding tert-OH is 7. The number of hydrogen-bond acceptors (Lipinski definition) is 14. The Balaban J connectivity index is 1.70. The standard InChI is InChI=1S/C61H110O14/c1-3-5-7-9-11-13-15-17-19-21-23-25-26-28-30-32-34-36-38-40-42-44-53(63)73-50(47-70-45-43-41-39-37-35-33-31-29-27-24-22-20-18-16-14-12-10-8-6-4-2)48-71-60-59(69)57(67)55(65)52(75-60)49-72-61-58(68)56(66)54(64)51(46-62)74-61/h6,8,12,14,18,20,24,27,50-52,54-62,64-69H,3-5,7,9-11,13,15-17,19,21-23,25-26,28-49H2,1-2H3/b8-6-,14-12-,20-18-,27-24-. The highest BCUT2D eigenvalue weighted by molar-refractivity contribution is 5.69. The minimum atomic E-state index is -1.71. The molecule has 2 saturated heterocycles. The molecule has 0 radical (unpaired) electrons. The normalized spacial score (nSPS) is 24.9. The number of rotatable bonds is 49. The van der Waals surface area contributed by atoms with Crippen molar-refractivity contribution in [2.75, 3.05) is 33.0 Å². The molecule has 11 unspecified atom stereocenters. The second kappa shape index (κ2) is 47.9. The molecule has 0 aromatic carbocycles. The average molecular weight is 1070 g/mol. The summed E-state index contributed by atoms with van der Waals surface area (Å²) in [5.74, 6) is -0.377. The summed E-state index contributed by atoms with van der Waals surface area (Å²) in [6, 6.07) is 0. The molecule has 7 N–H and O–H groups in total. The van der Waals surface area contributed by atoms with Crippen LogP contribution in [0.4, 0.5) is 0 Å². The molecule has 438 valence electrons. The molecule has 0 saturated carbocycles. The van der Waals surface area contributed by atoms with Crippen LogP contribution in [0.25, 0.3) is 0 Å². The van der Waals surface area contributed by atoms with Gasteiger partial charge in [-0.15, -0.1) is 0 Å². The molecule has 14 nitrogen and oxygen atoms in total. The lowest BCUT2D eigenvalue weighted by molar-refractivity contribution is -0.332. The van der Waals surface area contributed by atoms with Gasteiger partial charge in [-0.2, -0.15) is 0 Å². The van der Waals surface area contributed by atoms with Crippen LogP contribution in [0, 0.1) is 0 Å². The Morgan fingerprint density at radius 3 is 1.36 bits per heavy atom. The van der Waals surface area contributed by atoms with E-state index in [1.54, 1.807) is 0 Å². The van der Waals surface area contributed by atoms with E-state index in [0.29, 0.717) is 13.0 Å². The van der Waals surface area contributed by atoms with Gasteiger partial charge in [-0.3, -0.25) is 4.79 Å². The summed E-state index contributed by atoms with van der Waals surface area (Å²) in [4.78, 5) is 13.1. The Hall–Kier alpha value is -2.05. The molecule has 2 heterocycles. The minimum Gasteiger partial charge on any atom is -0.457 e. The maximum Gasteiger partial charge on any atom is 0.306 e. The number of aliphatic hydroxyl groups is 7. The van der Waals surface area contributed by atoms with Gasteiger partial charge in [-0.25, -0.2) is 0 Å². The van der Waals surface area contributed by atoms with Gasteiger partial charge in [-0.1, -0.05) is 223 Å². The lowest BCUT2D eigenvalue weighted by Crippen LogP contribution is -2.61. The summed E-state index contributed by atoms with van der Waals surface area (Å²) in [5.41, 5.74) is 0. The summed E-state index contributed by atoms with van der Waals surface area (Å²) in [6.07, 6.45) is 41.7. The summed E-state index contributed by atoms with van der Waals surface area (Å²) in [5, 5.41) is 72.4. The number of ether oxygens (including phenoxy) is 6. The summed E-state index contributed by atoms with van der Waals surface area (Å²) in [6.45, 7) is 3.59. The third kappa shape index (κ3) is 34.5. The lowest BCUT2D eigenvalue weighted by Gasteiger charge is -2.42. The number of unbranched alkanes of at least 4 members (excludes halogenated alkanes) is 27. The molecule has 2 fully saturated rings. The van der Waals surface area contributed by atoms with E-state index in [2.05, 4.69) is 62.5 Å². The van der Waals surface area contributed by atoms with Gasteiger partial charge in [-0.05, 0) is 51.4 Å². The van der Waals surface area contributed by atoms with Gasteiger partial charge < -0.3 is 64.2 Å². The highest BCUT2D eigenvalue weighted by Gasteiger charge is 2.47. The van der Waals surface area contributed by atoms with Gasteiger partial charge in [0.1, 0.15) is 54.9 Å². The molecular weight excluding hydrogens is 957 g/mol. The first kappa shape index (κ1) is 69.1. The van der Waals surface area contributed by atoms with Crippen LogP contribution in [0.2, 0.25) is 0 Å². The van der Waals surface area contributed by atoms with Crippen molar-refractivity contribution in [1.82, 2.24) is 0 Å². The zero-order valence-corrected chi connectivity index (χ0v) is 47.0. The Bertz CT molecular complexity index is 1420. The molecule has 2 aliphatic rings. The van der Waals surface area contributed by atoms with Crippen molar-refractivity contribution in [2.45, 2.75) is 300 Å². The Morgan fingerprint density at radius 2 is 0.867 bits per heavy atom. The summed E-state index contributed by atoms with van der Waals surface area (Å²) in [7, 11) is 0. The van der Waals surface area contributed by atoms with Gasteiger partial charge in [0.2, 0.25) is 0 Å². The van der Waals surface area contributed by atoms with Gasteiger partial charge in [0.15, 0.2) is 12.6 Å². The van der Waals surface area contributed by atoms with Crippen molar-refractivity contribution < 1.29 is 69.0 Å². The number of esters is 1. The largest absolute Gasteiger partial charge is 0.457 e. The van der Waals surface area contributed by atoms with Crippen molar-refractivity contribution in [2.24, 2.45) is 0 Å². The molecule has 14 heteroatoms. The van der Waals surface area contributed by atoms with E-state index < -0.39 is 80.7 Å². The summed E-state index contributed by atoms with van der Waals surface area (Å²) < 4.78 is 34.4. The first-order valence-corrected chi connectivity index (χ1v) is 30.2. The van der Waals surface area contributed by atoms with Crippen LogP contribution in [0.15, 0.2) is 48.6 Å². The van der Waals surface area contributed by atoms with Crippen molar-refractivity contribution in [3.05, 3.63) is 48.6 Å². The van der Waals surface area contributed by atoms with Crippen LogP contribution < -0.4 is 0 Å². The molecule has 0 aromatic heterocycles. The minimum absolute atomic E-state index is 0.0555. The molecule has 0 spiro atoms. The molecule has 2 aliphatic heterocycles. The van der Waals surface area contributed by atoms with Crippen molar-refractivity contribution in [3.63, 3.8) is 0 Å². The maximum atomic E-state index is 13.1. The third-order valence-electron chi connectivity index (χ3n) is 14.4. The van der Waals surface area contributed by atoms with E-state index >= 15 is 0 Å². The van der Waals surface area contributed by atoms with Crippen LogP contribution in [-0.4, -0.2) is 142 Å². The molecule has 11 atom stereocenters. The monoisotopic (exact) mass is 1070 g/mol. The highest BCUT2D eigenvalue weighted by atomic mass is 16.7. The van der Waals surface area contributed by atoms with Gasteiger partial charge in [0.25, 0.3) is 0 Å². The number of allylic oxidation sites excluding steroid dienone is 8. The first-order chi connectivity index (χ1) is 36.6. The molecular formula is C61H110O14. The van der Waals surface area contributed by atoms with Gasteiger partial charge in [0.05, 0.1) is 26.4 Å². The van der Waals surface area contributed by atoms with Crippen molar-refractivity contribution in [3.8, 4) is 0 Å².